The first-order valence-electron chi connectivity index (χ1n) is 6.72. The van der Waals surface area contributed by atoms with Crippen molar-refractivity contribution in [2.45, 2.75) is 63.8 Å². The van der Waals surface area contributed by atoms with Gasteiger partial charge in [0.15, 0.2) is 0 Å². The molecule has 1 N–H and O–H groups in total. The van der Waals surface area contributed by atoms with Gasteiger partial charge in [0, 0.05) is 19.6 Å². The van der Waals surface area contributed by atoms with E-state index in [2.05, 4.69) is 0 Å². The van der Waals surface area contributed by atoms with Gasteiger partial charge in [-0.1, -0.05) is 19.3 Å². The SMILES string of the molecule is CCOC1C(O)CC1OCC1CCCCC1. The molecule has 0 radical (unpaired) electrons. The molecule has 2 aliphatic carbocycles. The van der Waals surface area contributed by atoms with Crippen LogP contribution in [-0.2, 0) is 9.47 Å². The van der Waals surface area contributed by atoms with Crippen LogP contribution >= 0.6 is 0 Å². The number of aliphatic hydroxyl groups is 1. The van der Waals surface area contributed by atoms with E-state index in [4.69, 9.17) is 9.47 Å². The van der Waals surface area contributed by atoms with Gasteiger partial charge < -0.3 is 14.6 Å². The summed E-state index contributed by atoms with van der Waals surface area (Å²) in [6.45, 7) is 3.48. The van der Waals surface area contributed by atoms with Crippen molar-refractivity contribution in [2.24, 2.45) is 5.92 Å². The number of ether oxygens (including phenoxy) is 2. The fraction of sp³-hybridized carbons (Fsp3) is 1.00. The summed E-state index contributed by atoms with van der Waals surface area (Å²) in [4.78, 5) is 0. The van der Waals surface area contributed by atoms with Crippen molar-refractivity contribution in [2.75, 3.05) is 13.2 Å². The Labute approximate surface area is 98.1 Å². The van der Waals surface area contributed by atoms with Crippen molar-refractivity contribution in [3.05, 3.63) is 0 Å². The van der Waals surface area contributed by atoms with Gasteiger partial charge in [-0.15, -0.1) is 0 Å². The molecule has 0 bridgehead atoms. The van der Waals surface area contributed by atoms with Crippen LogP contribution in [0, 0.1) is 5.92 Å². The third-order valence-corrected chi connectivity index (χ3v) is 3.85. The third-order valence-electron chi connectivity index (χ3n) is 3.85. The average molecular weight is 228 g/mol. The molecule has 2 saturated carbocycles. The van der Waals surface area contributed by atoms with Crippen molar-refractivity contribution in [1.82, 2.24) is 0 Å². The maximum Gasteiger partial charge on any atom is 0.110 e. The third kappa shape index (κ3) is 2.96. The lowest BCUT2D eigenvalue weighted by atomic mass is 9.87. The van der Waals surface area contributed by atoms with Crippen molar-refractivity contribution >= 4 is 0 Å². The van der Waals surface area contributed by atoms with Crippen molar-refractivity contribution in [3.8, 4) is 0 Å². The fourth-order valence-corrected chi connectivity index (χ4v) is 2.75. The molecule has 0 aromatic rings. The molecule has 0 heterocycles. The lowest BCUT2D eigenvalue weighted by molar-refractivity contribution is -0.194. The number of aliphatic hydroxyl groups excluding tert-OH is 1. The smallest absolute Gasteiger partial charge is 0.110 e. The van der Waals surface area contributed by atoms with Gasteiger partial charge in [0.05, 0.1) is 12.2 Å². The zero-order valence-corrected chi connectivity index (χ0v) is 10.2. The molecule has 94 valence electrons. The Morgan fingerprint density at radius 2 is 1.88 bits per heavy atom. The summed E-state index contributed by atoms with van der Waals surface area (Å²) in [5.74, 6) is 0.744. The van der Waals surface area contributed by atoms with Gasteiger partial charge in [-0.25, -0.2) is 0 Å². The number of hydrogen-bond acceptors (Lipinski definition) is 3. The van der Waals surface area contributed by atoms with Crippen LogP contribution in [0.4, 0.5) is 0 Å². The molecular formula is C13H24O3. The van der Waals surface area contributed by atoms with Gasteiger partial charge in [-0.2, -0.15) is 0 Å². The summed E-state index contributed by atoms with van der Waals surface area (Å²) in [6.07, 6.45) is 7.23. The topological polar surface area (TPSA) is 38.7 Å². The van der Waals surface area contributed by atoms with Gasteiger partial charge >= 0.3 is 0 Å². The first kappa shape index (κ1) is 12.3. The molecule has 0 aromatic carbocycles. The van der Waals surface area contributed by atoms with Crippen LogP contribution in [0.2, 0.25) is 0 Å². The predicted molar refractivity (Wildman–Crippen MR) is 62.4 cm³/mol. The Balaban J connectivity index is 1.65. The van der Waals surface area contributed by atoms with Gasteiger partial charge in [0.25, 0.3) is 0 Å². The summed E-state index contributed by atoms with van der Waals surface area (Å²) in [5, 5.41) is 9.54. The molecule has 3 unspecified atom stereocenters. The van der Waals surface area contributed by atoms with E-state index in [0.29, 0.717) is 6.61 Å². The van der Waals surface area contributed by atoms with Crippen molar-refractivity contribution in [3.63, 3.8) is 0 Å². The Bertz CT molecular complexity index is 201. The Morgan fingerprint density at radius 3 is 2.50 bits per heavy atom. The second-order valence-electron chi connectivity index (χ2n) is 5.10. The minimum absolute atomic E-state index is 0.0754. The predicted octanol–water partition coefficient (Wildman–Crippen LogP) is 2.12. The fourth-order valence-electron chi connectivity index (χ4n) is 2.75. The van der Waals surface area contributed by atoms with E-state index in [-0.39, 0.29) is 18.3 Å². The molecule has 0 amide bonds. The molecule has 3 heteroatoms. The highest BCUT2D eigenvalue weighted by Gasteiger charge is 2.41. The highest BCUT2D eigenvalue weighted by molar-refractivity contribution is 4.92. The zero-order chi connectivity index (χ0) is 11.4. The quantitative estimate of drug-likeness (QED) is 0.783. The van der Waals surface area contributed by atoms with E-state index in [1.807, 2.05) is 6.92 Å². The second kappa shape index (κ2) is 5.99. The molecule has 3 atom stereocenters. The van der Waals surface area contributed by atoms with Crippen molar-refractivity contribution in [1.29, 1.82) is 0 Å². The van der Waals surface area contributed by atoms with Crippen LogP contribution in [0.3, 0.4) is 0 Å². The van der Waals surface area contributed by atoms with E-state index in [1.54, 1.807) is 0 Å². The molecule has 0 spiro atoms. The minimum atomic E-state index is -0.309. The summed E-state index contributed by atoms with van der Waals surface area (Å²) in [7, 11) is 0. The summed E-state index contributed by atoms with van der Waals surface area (Å²) >= 11 is 0. The van der Waals surface area contributed by atoms with E-state index >= 15 is 0 Å². The van der Waals surface area contributed by atoms with Crippen LogP contribution in [0.1, 0.15) is 45.4 Å². The average Bonchev–Trinajstić information content (AvgIpc) is 2.32. The van der Waals surface area contributed by atoms with Crippen LogP contribution in [0.5, 0.6) is 0 Å². The Kier molecular flexibility index (Phi) is 4.62. The van der Waals surface area contributed by atoms with E-state index in [1.165, 1.54) is 32.1 Å². The summed E-state index contributed by atoms with van der Waals surface area (Å²) < 4.78 is 11.3. The largest absolute Gasteiger partial charge is 0.390 e. The molecule has 0 aliphatic heterocycles. The summed E-state index contributed by atoms with van der Waals surface area (Å²) in [6, 6.07) is 0. The van der Waals surface area contributed by atoms with Crippen LogP contribution < -0.4 is 0 Å². The Hall–Kier alpha value is -0.120. The van der Waals surface area contributed by atoms with Gasteiger partial charge in [0.1, 0.15) is 6.10 Å². The zero-order valence-electron chi connectivity index (χ0n) is 10.2. The summed E-state index contributed by atoms with van der Waals surface area (Å²) in [5.41, 5.74) is 0. The van der Waals surface area contributed by atoms with E-state index < -0.39 is 0 Å². The van der Waals surface area contributed by atoms with Crippen molar-refractivity contribution < 1.29 is 14.6 Å². The lowest BCUT2D eigenvalue weighted by Gasteiger charge is -2.41. The van der Waals surface area contributed by atoms with E-state index in [9.17, 15) is 5.11 Å². The number of rotatable bonds is 5. The van der Waals surface area contributed by atoms with Crippen LogP contribution in [-0.4, -0.2) is 36.6 Å². The van der Waals surface area contributed by atoms with Gasteiger partial charge in [-0.05, 0) is 25.7 Å². The Morgan fingerprint density at radius 1 is 1.12 bits per heavy atom. The number of hydrogen-bond donors (Lipinski definition) is 1. The van der Waals surface area contributed by atoms with Crippen LogP contribution in [0.25, 0.3) is 0 Å². The molecule has 2 fully saturated rings. The van der Waals surface area contributed by atoms with Crippen LogP contribution in [0.15, 0.2) is 0 Å². The molecule has 0 aromatic heterocycles. The molecular weight excluding hydrogens is 204 g/mol. The molecule has 2 aliphatic rings. The highest BCUT2D eigenvalue weighted by atomic mass is 16.6. The molecule has 3 nitrogen and oxygen atoms in total. The normalized spacial score (nSPS) is 36.0. The standard InChI is InChI=1S/C13H24O3/c1-2-15-13-11(14)8-12(13)16-9-10-6-4-3-5-7-10/h10-14H,2-9H2,1H3. The monoisotopic (exact) mass is 228 g/mol. The minimum Gasteiger partial charge on any atom is -0.390 e. The van der Waals surface area contributed by atoms with Gasteiger partial charge in [-0.3, -0.25) is 0 Å². The first-order chi connectivity index (χ1) is 7.81. The molecule has 0 saturated heterocycles. The maximum atomic E-state index is 9.54. The van der Waals surface area contributed by atoms with E-state index in [0.717, 1.165) is 18.9 Å². The second-order valence-corrected chi connectivity index (χ2v) is 5.10. The molecule has 16 heavy (non-hydrogen) atoms. The molecule has 2 rings (SSSR count). The highest BCUT2D eigenvalue weighted by Crippen LogP contribution is 2.30. The lowest BCUT2D eigenvalue weighted by Crippen LogP contribution is -2.54. The first-order valence-corrected chi connectivity index (χ1v) is 6.72. The van der Waals surface area contributed by atoms with Gasteiger partial charge in [0.2, 0.25) is 0 Å². The maximum absolute atomic E-state index is 9.54.